The van der Waals surface area contributed by atoms with Gasteiger partial charge in [0.05, 0.1) is 4.88 Å². The van der Waals surface area contributed by atoms with E-state index in [2.05, 4.69) is 10.2 Å². The van der Waals surface area contributed by atoms with Gasteiger partial charge in [0, 0.05) is 4.88 Å². The van der Waals surface area contributed by atoms with Gasteiger partial charge in [0.1, 0.15) is 0 Å². The van der Waals surface area contributed by atoms with E-state index in [-0.39, 0.29) is 11.8 Å². The number of rotatable bonds is 2. The second-order valence-electron chi connectivity index (χ2n) is 3.07. The van der Waals surface area contributed by atoms with Crippen LogP contribution in [0.3, 0.4) is 0 Å². The summed E-state index contributed by atoms with van der Waals surface area (Å²) in [6.45, 7) is 3.96. The Kier molecular flexibility index (Phi) is 2.28. The van der Waals surface area contributed by atoms with E-state index in [0.29, 0.717) is 0 Å². The standard InChI is InChI=1S/C9H8N2O3S/c1-4-3-6(15-5(4)2)7-10-11-8(14-7)9(12)13/h3H,1-2H3,(H,12,13). The second kappa shape index (κ2) is 3.47. The Morgan fingerprint density at radius 2 is 2.20 bits per heavy atom. The summed E-state index contributed by atoms with van der Waals surface area (Å²) in [5, 5.41) is 15.7. The van der Waals surface area contributed by atoms with E-state index in [9.17, 15) is 4.79 Å². The normalized spacial score (nSPS) is 10.5. The first-order valence-corrected chi connectivity index (χ1v) is 5.04. The third-order valence-electron chi connectivity index (χ3n) is 1.98. The van der Waals surface area contributed by atoms with Gasteiger partial charge in [-0.15, -0.1) is 21.5 Å². The number of aromatic carboxylic acids is 1. The fraction of sp³-hybridized carbons (Fsp3) is 0.222. The molecule has 0 atom stereocenters. The number of aryl methyl sites for hydroxylation is 2. The molecule has 6 heteroatoms. The molecule has 2 heterocycles. The molecule has 2 rings (SSSR count). The molecule has 0 aromatic carbocycles. The fourth-order valence-corrected chi connectivity index (χ4v) is 2.04. The summed E-state index contributed by atoms with van der Waals surface area (Å²) >= 11 is 1.50. The molecule has 2 aromatic rings. The van der Waals surface area contributed by atoms with Crippen LogP contribution in [0.2, 0.25) is 0 Å². The van der Waals surface area contributed by atoms with E-state index >= 15 is 0 Å². The zero-order chi connectivity index (χ0) is 11.0. The molecular formula is C9H8N2O3S. The van der Waals surface area contributed by atoms with Gasteiger partial charge < -0.3 is 9.52 Å². The molecule has 0 aliphatic carbocycles. The van der Waals surface area contributed by atoms with Crippen LogP contribution in [0.25, 0.3) is 10.8 Å². The zero-order valence-electron chi connectivity index (χ0n) is 8.14. The number of carboxylic acids is 1. The van der Waals surface area contributed by atoms with Crippen molar-refractivity contribution in [2.45, 2.75) is 13.8 Å². The Hall–Kier alpha value is -1.69. The van der Waals surface area contributed by atoms with E-state index in [1.807, 2.05) is 19.9 Å². The van der Waals surface area contributed by atoms with E-state index in [0.717, 1.165) is 15.3 Å². The van der Waals surface area contributed by atoms with Crippen molar-refractivity contribution in [2.24, 2.45) is 0 Å². The maximum atomic E-state index is 10.5. The van der Waals surface area contributed by atoms with Gasteiger partial charge in [0.25, 0.3) is 5.89 Å². The predicted octanol–water partition coefficient (Wildman–Crippen LogP) is 2.11. The van der Waals surface area contributed by atoms with E-state index in [1.165, 1.54) is 11.3 Å². The van der Waals surface area contributed by atoms with Gasteiger partial charge in [-0.1, -0.05) is 0 Å². The third kappa shape index (κ3) is 1.75. The maximum absolute atomic E-state index is 10.5. The first-order valence-electron chi connectivity index (χ1n) is 4.22. The molecule has 0 aliphatic rings. The lowest BCUT2D eigenvalue weighted by Gasteiger charge is -1.84. The molecule has 0 aliphatic heterocycles. The SMILES string of the molecule is Cc1cc(-c2nnc(C(=O)O)o2)sc1C. The first-order chi connectivity index (χ1) is 7.08. The lowest BCUT2D eigenvalue weighted by molar-refractivity contribution is 0.0654. The number of hydrogen-bond donors (Lipinski definition) is 1. The van der Waals surface area contributed by atoms with Gasteiger partial charge in [0.15, 0.2) is 0 Å². The molecule has 0 amide bonds. The molecule has 0 saturated heterocycles. The number of carboxylic acid groups (broad SMARTS) is 1. The van der Waals surface area contributed by atoms with Crippen LogP contribution in [0.1, 0.15) is 21.1 Å². The molecule has 0 bridgehead atoms. The first kappa shape index (κ1) is 9.85. The lowest BCUT2D eigenvalue weighted by Crippen LogP contribution is -1.95. The zero-order valence-corrected chi connectivity index (χ0v) is 8.96. The number of hydrogen-bond acceptors (Lipinski definition) is 5. The summed E-state index contributed by atoms with van der Waals surface area (Å²) in [5.41, 5.74) is 1.13. The van der Waals surface area contributed by atoms with Crippen molar-refractivity contribution in [1.82, 2.24) is 10.2 Å². The van der Waals surface area contributed by atoms with Gasteiger partial charge in [-0.25, -0.2) is 4.79 Å². The smallest absolute Gasteiger partial charge is 0.393 e. The third-order valence-corrected chi connectivity index (χ3v) is 3.13. The van der Waals surface area contributed by atoms with Crippen molar-refractivity contribution >= 4 is 17.3 Å². The number of aromatic nitrogens is 2. The second-order valence-corrected chi connectivity index (χ2v) is 4.32. The Morgan fingerprint density at radius 3 is 2.67 bits per heavy atom. The molecule has 78 valence electrons. The summed E-state index contributed by atoms with van der Waals surface area (Å²) in [6.07, 6.45) is 0. The summed E-state index contributed by atoms with van der Waals surface area (Å²) in [6, 6.07) is 1.90. The summed E-state index contributed by atoms with van der Waals surface area (Å²) < 4.78 is 4.99. The van der Waals surface area contributed by atoms with Crippen molar-refractivity contribution in [3.63, 3.8) is 0 Å². The average Bonchev–Trinajstić information content (AvgIpc) is 2.74. The molecule has 15 heavy (non-hydrogen) atoms. The number of carbonyl (C=O) groups is 1. The molecule has 0 radical (unpaired) electrons. The molecule has 0 fully saturated rings. The molecule has 5 nitrogen and oxygen atoms in total. The van der Waals surface area contributed by atoms with Crippen molar-refractivity contribution in [3.05, 3.63) is 22.4 Å². The van der Waals surface area contributed by atoms with Gasteiger partial charge in [-0.05, 0) is 25.5 Å². The summed E-state index contributed by atoms with van der Waals surface area (Å²) in [7, 11) is 0. The van der Waals surface area contributed by atoms with E-state index in [1.54, 1.807) is 0 Å². The van der Waals surface area contributed by atoms with Crippen LogP contribution in [0.15, 0.2) is 10.5 Å². The molecule has 2 aromatic heterocycles. The molecule has 0 unspecified atom stereocenters. The minimum atomic E-state index is -1.21. The van der Waals surface area contributed by atoms with Crippen LogP contribution in [-0.2, 0) is 0 Å². The topological polar surface area (TPSA) is 76.2 Å². The van der Waals surface area contributed by atoms with E-state index < -0.39 is 5.97 Å². The minimum Gasteiger partial charge on any atom is -0.474 e. The molecular weight excluding hydrogens is 216 g/mol. The largest absolute Gasteiger partial charge is 0.474 e. The summed E-state index contributed by atoms with van der Waals surface area (Å²) in [5.74, 6) is -1.33. The van der Waals surface area contributed by atoms with Crippen molar-refractivity contribution < 1.29 is 14.3 Å². The Bertz CT molecular complexity index is 496. The highest BCUT2D eigenvalue weighted by molar-refractivity contribution is 7.15. The average molecular weight is 224 g/mol. The van der Waals surface area contributed by atoms with Crippen LogP contribution < -0.4 is 0 Å². The molecule has 1 N–H and O–H groups in total. The quantitative estimate of drug-likeness (QED) is 0.845. The van der Waals surface area contributed by atoms with Gasteiger partial charge >= 0.3 is 11.9 Å². The fourth-order valence-electron chi connectivity index (χ4n) is 1.09. The maximum Gasteiger partial charge on any atom is 0.393 e. The highest BCUT2D eigenvalue weighted by Gasteiger charge is 2.15. The van der Waals surface area contributed by atoms with Gasteiger partial charge in [0.2, 0.25) is 0 Å². The molecule has 0 saturated carbocycles. The van der Waals surface area contributed by atoms with Crippen LogP contribution >= 0.6 is 11.3 Å². The number of nitrogens with zero attached hydrogens (tertiary/aromatic N) is 2. The number of thiophene rings is 1. The van der Waals surface area contributed by atoms with Crippen LogP contribution in [0.5, 0.6) is 0 Å². The monoisotopic (exact) mass is 224 g/mol. The Labute approximate surface area is 89.4 Å². The molecule has 0 spiro atoms. The van der Waals surface area contributed by atoms with Crippen LogP contribution in [0, 0.1) is 13.8 Å². The van der Waals surface area contributed by atoms with Crippen molar-refractivity contribution in [1.29, 1.82) is 0 Å². The van der Waals surface area contributed by atoms with Crippen molar-refractivity contribution in [3.8, 4) is 10.8 Å². The predicted molar refractivity (Wildman–Crippen MR) is 54.0 cm³/mol. The Morgan fingerprint density at radius 1 is 1.47 bits per heavy atom. The van der Waals surface area contributed by atoms with Gasteiger partial charge in [-0.3, -0.25) is 0 Å². The summed E-state index contributed by atoms with van der Waals surface area (Å²) in [4.78, 5) is 12.5. The lowest BCUT2D eigenvalue weighted by atomic mass is 10.3. The Balaban J connectivity index is 2.41. The highest BCUT2D eigenvalue weighted by atomic mass is 32.1. The van der Waals surface area contributed by atoms with E-state index in [4.69, 9.17) is 9.52 Å². The minimum absolute atomic E-state index is 0.258. The van der Waals surface area contributed by atoms with Crippen LogP contribution in [-0.4, -0.2) is 21.3 Å². The van der Waals surface area contributed by atoms with Gasteiger partial charge in [-0.2, -0.15) is 0 Å². The van der Waals surface area contributed by atoms with Crippen molar-refractivity contribution in [2.75, 3.05) is 0 Å². The van der Waals surface area contributed by atoms with Crippen LogP contribution in [0.4, 0.5) is 0 Å². The highest BCUT2D eigenvalue weighted by Crippen LogP contribution is 2.29.